The summed E-state index contributed by atoms with van der Waals surface area (Å²) in [6.07, 6.45) is 0. The third-order valence-corrected chi connectivity index (χ3v) is 1.91. The molecule has 0 saturated heterocycles. The van der Waals surface area contributed by atoms with E-state index < -0.39 is 5.82 Å². The van der Waals surface area contributed by atoms with Crippen molar-refractivity contribution >= 4 is 11.6 Å². The first-order valence-electron chi connectivity index (χ1n) is 3.46. The second-order valence-corrected chi connectivity index (χ2v) is 2.89. The molecule has 0 aromatic heterocycles. The molecule has 1 nitrogen and oxygen atoms in total. The predicted molar refractivity (Wildman–Crippen MR) is 46.4 cm³/mol. The van der Waals surface area contributed by atoms with Gasteiger partial charge in [0.25, 0.3) is 0 Å². The fourth-order valence-electron chi connectivity index (χ4n) is 0.847. The lowest BCUT2D eigenvalue weighted by atomic mass is 10.1. The minimum atomic E-state index is -0.447. The van der Waals surface area contributed by atoms with Crippen molar-refractivity contribution in [1.82, 2.24) is 0 Å². The van der Waals surface area contributed by atoms with Gasteiger partial charge in [-0.05, 0) is 18.2 Å². The van der Waals surface area contributed by atoms with Crippen LogP contribution in [-0.4, -0.2) is 0 Å². The van der Waals surface area contributed by atoms with E-state index in [0.717, 1.165) is 5.56 Å². The Morgan fingerprint density at radius 1 is 1.58 bits per heavy atom. The van der Waals surface area contributed by atoms with E-state index in [1.54, 1.807) is 13.0 Å². The lowest BCUT2D eigenvalue weighted by Gasteiger charge is -2.00. The van der Waals surface area contributed by atoms with Gasteiger partial charge in [0, 0.05) is 12.5 Å². The van der Waals surface area contributed by atoms with Crippen LogP contribution < -0.4 is 0 Å². The van der Waals surface area contributed by atoms with E-state index in [1.807, 2.05) is 0 Å². The van der Waals surface area contributed by atoms with Gasteiger partial charge < -0.3 is 4.85 Å². The summed E-state index contributed by atoms with van der Waals surface area (Å²) in [4.78, 5) is 3.30. The summed E-state index contributed by atoms with van der Waals surface area (Å²) in [5.74, 6) is -0.447. The quantitative estimate of drug-likeness (QED) is 0.588. The molecule has 0 aliphatic rings. The van der Waals surface area contributed by atoms with Crippen molar-refractivity contribution < 1.29 is 4.39 Å². The van der Waals surface area contributed by atoms with E-state index in [4.69, 9.17) is 18.2 Å². The van der Waals surface area contributed by atoms with Gasteiger partial charge >= 0.3 is 0 Å². The number of nitrogens with zero attached hydrogens (tertiary/aromatic N) is 1. The molecule has 0 spiro atoms. The van der Waals surface area contributed by atoms with E-state index in [2.05, 4.69) is 4.85 Å². The van der Waals surface area contributed by atoms with Crippen molar-refractivity contribution in [2.45, 2.75) is 13.0 Å². The molecule has 12 heavy (non-hydrogen) atoms. The molecule has 1 atom stereocenters. The molecule has 0 aliphatic heterocycles. The van der Waals surface area contributed by atoms with Gasteiger partial charge in [-0.25, -0.2) is 11.0 Å². The van der Waals surface area contributed by atoms with Crippen LogP contribution in [0.3, 0.4) is 0 Å². The first-order chi connectivity index (χ1) is 5.65. The summed E-state index contributed by atoms with van der Waals surface area (Å²) in [6.45, 7) is 8.51. The maximum Gasteiger partial charge on any atom is 0.246 e. The van der Waals surface area contributed by atoms with Crippen molar-refractivity contribution in [1.29, 1.82) is 0 Å². The van der Waals surface area contributed by atoms with Gasteiger partial charge in [0.05, 0.1) is 5.02 Å². The van der Waals surface area contributed by atoms with E-state index in [1.165, 1.54) is 12.1 Å². The van der Waals surface area contributed by atoms with Crippen LogP contribution in [0.1, 0.15) is 18.5 Å². The maximum atomic E-state index is 12.7. The second kappa shape index (κ2) is 3.55. The van der Waals surface area contributed by atoms with Crippen LogP contribution in [0.25, 0.3) is 4.85 Å². The van der Waals surface area contributed by atoms with Crippen molar-refractivity contribution in [2.75, 3.05) is 0 Å². The normalized spacial score (nSPS) is 12.2. The Morgan fingerprint density at radius 3 is 2.75 bits per heavy atom. The smallest absolute Gasteiger partial charge is 0.246 e. The molecule has 1 aromatic rings. The van der Waals surface area contributed by atoms with Gasteiger partial charge in [-0.1, -0.05) is 11.6 Å². The van der Waals surface area contributed by atoms with Crippen molar-refractivity contribution in [3.8, 4) is 0 Å². The SMILES string of the molecule is [C-]#[N+]C(C)c1ccc(F)c(Cl)c1. The highest BCUT2D eigenvalue weighted by atomic mass is 35.5. The van der Waals surface area contributed by atoms with Crippen LogP contribution in [0.2, 0.25) is 5.02 Å². The molecule has 0 N–H and O–H groups in total. The minimum absolute atomic E-state index is 0.0722. The Balaban J connectivity index is 3.06. The molecule has 0 aliphatic carbocycles. The van der Waals surface area contributed by atoms with E-state index in [-0.39, 0.29) is 11.1 Å². The third-order valence-electron chi connectivity index (χ3n) is 1.62. The third kappa shape index (κ3) is 1.75. The van der Waals surface area contributed by atoms with E-state index >= 15 is 0 Å². The molecule has 0 radical (unpaired) electrons. The number of benzene rings is 1. The highest BCUT2D eigenvalue weighted by Gasteiger charge is 2.10. The number of hydrogen-bond acceptors (Lipinski definition) is 0. The molecule has 1 rings (SSSR count). The lowest BCUT2D eigenvalue weighted by molar-refractivity contribution is 0.627. The maximum absolute atomic E-state index is 12.7. The molecular weight excluding hydrogens is 177 g/mol. The average molecular weight is 184 g/mol. The van der Waals surface area contributed by atoms with Crippen LogP contribution in [0, 0.1) is 12.4 Å². The predicted octanol–water partition coefficient (Wildman–Crippen LogP) is 3.46. The summed E-state index contributed by atoms with van der Waals surface area (Å²) in [5.41, 5.74) is 0.747. The monoisotopic (exact) mass is 183 g/mol. The largest absolute Gasteiger partial charge is 0.309 e. The summed E-state index contributed by atoms with van der Waals surface area (Å²) in [7, 11) is 0. The van der Waals surface area contributed by atoms with Gasteiger partial charge in [-0.3, -0.25) is 0 Å². The zero-order chi connectivity index (χ0) is 9.14. The molecule has 0 amide bonds. The lowest BCUT2D eigenvalue weighted by Crippen LogP contribution is -1.87. The number of halogens is 2. The average Bonchev–Trinajstić information content (AvgIpc) is 2.08. The van der Waals surface area contributed by atoms with Crippen molar-refractivity contribution in [3.63, 3.8) is 0 Å². The Hall–Kier alpha value is -1.07. The molecule has 1 aromatic carbocycles. The molecule has 0 heterocycles. The number of rotatable bonds is 1. The first kappa shape index (κ1) is 9.02. The minimum Gasteiger partial charge on any atom is -0.309 e. The fourth-order valence-corrected chi connectivity index (χ4v) is 1.04. The van der Waals surface area contributed by atoms with Gasteiger partial charge in [0.1, 0.15) is 5.82 Å². The van der Waals surface area contributed by atoms with Gasteiger partial charge in [-0.2, -0.15) is 0 Å². The molecule has 0 saturated carbocycles. The van der Waals surface area contributed by atoms with E-state index in [0.29, 0.717) is 0 Å². The van der Waals surface area contributed by atoms with Crippen molar-refractivity contribution in [2.24, 2.45) is 0 Å². The Morgan fingerprint density at radius 2 is 2.25 bits per heavy atom. The van der Waals surface area contributed by atoms with E-state index in [9.17, 15) is 4.39 Å². The first-order valence-corrected chi connectivity index (χ1v) is 3.84. The Labute approximate surface area is 75.6 Å². The number of hydrogen-bond donors (Lipinski definition) is 0. The topological polar surface area (TPSA) is 4.36 Å². The molecule has 62 valence electrons. The summed E-state index contributed by atoms with van der Waals surface area (Å²) in [5, 5.41) is 0.0722. The molecule has 0 fully saturated rings. The highest BCUT2D eigenvalue weighted by Crippen LogP contribution is 2.22. The van der Waals surface area contributed by atoms with Crippen LogP contribution >= 0.6 is 11.6 Å². The highest BCUT2D eigenvalue weighted by molar-refractivity contribution is 6.30. The van der Waals surface area contributed by atoms with Crippen molar-refractivity contribution in [3.05, 3.63) is 46.0 Å². The standard InChI is InChI=1S/C9H7ClFN/c1-6(12-2)7-3-4-9(11)8(10)5-7/h3-6H,1H3. The molecular formula is C9H7ClFN. The molecule has 0 bridgehead atoms. The Bertz CT molecular complexity index is 330. The molecule has 1 unspecified atom stereocenters. The van der Waals surface area contributed by atoms with Gasteiger partial charge in [-0.15, -0.1) is 0 Å². The summed E-state index contributed by atoms with van der Waals surface area (Å²) in [6, 6.07) is 4.08. The van der Waals surface area contributed by atoms with Gasteiger partial charge in [0.2, 0.25) is 6.04 Å². The zero-order valence-corrected chi connectivity index (χ0v) is 7.27. The van der Waals surface area contributed by atoms with Crippen LogP contribution in [0.4, 0.5) is 4.39 Å². The summed E-state index contributed by atoms with van der Waals surface area (Å²) < 4.78 is 12.7. The fraction of sp³-hybridized carbons (Fsp3) is 0.222. The summed E-state index contributed by atoms with van der Waals surface area (Å²) >= 11 is 5.54. The second-order valence-electron chi connectivity index (χ2n) is 2.48. The molecule has 3 heteroatoms. The van der Waals surface area contributed by atoms with Crippen LogP contribution in [0.5, 0.6) is 0 Å². The van der Waals surface area contributed by atoms with Gasteiger partial charge in [0.15, 0.2) is 0 Å². The Kier molecular flexibility index (Phi) is 2.67. The van der Waals surface area contributed by atoms with Crippen LogP contribution in [-0.2, 0) is 0 Å². The zero-order valence-electron chi connectivity index (χ0n) is 6.51. The van der Waals surface area contributed by atoms with Crippen LogP contribution in [0.15, 0.2) is 18.2 Å².